The Bertz CT molecular complexity index is 1030. The van der Waals surface area contributed by atoms with E-state index < -0.39 is 0 Å². The van der Waals surface area contributed by atoms with Gasteiger partial charge in [-0.3, -0.25) is 9.59 Å². The van der Waals surface area contributed by atoms with Gasteiger partial charge in [0.2, 0.25) is 0 Å². The van der Waals surface area contributed by atoms with Crippen molar-refractivity contribution < 1.29 is 14.3 Å². The predicted octanol–water partition coefficient (Wildman–Crippen LogP) is 6.46. The number of carbonyl (C=O) groups is 2. The average molecular weight is 431 g/mol. The maximum atomic E-state index is 12.5. The number of aryl methyl sites for hydroxylation is 1. The first kappa shape index (κ1) is 23.1. The van der Waals surface area contributed by atoms with Gasteiger partial charge < -0.3 is 15.4 Å². The Morgan fingerprint density at radius 3 is 1.97 bits per heavy atom. The number of ether oxygens (including phenoxy) is 1. The van der Waals surface area contributed by atoms with Gasteiger partial charge in [-0.2, -0.15) is 0 Å². The minimum Gasteiger partial charge on any atom is -0.494 e. The predicted molar refractivity (Wildman–Crippen MR) is 130 cm³/mol. The summed E-state index contributed by atoms with van der Waals surface area (Å²) in [6, 6.07) is 21.6. The molecule has 0 bridgehead atoms. The van der Waals surface area contributed by atoms with E-state index in [2.05, 4.69) is 17.6 Å². The summed E-state index contributed by atoms with van der Waals surface area (Å²) < 4.78 is 5.72. The zero-order chi connectivity index (χ0) is 22.8. The molecule has 0 heterocycles. The van der Waals surface area contributed by atoms with E-state index in [-0.39, 0.29) is 11.8 Å². The van der Waals surface area contributed by atoms with Crippen LogP contribution in [0.1, 0.15) is 58.9 Å². The van der Waals surface area contributed by atoms with Gasteiger partial charge >= 0.3 is 0 Å². The van der Waals surface area contributed by atoms with Crippen LogP contribution in [0.3, 0.4) is 0 Å². The Morgan fingerprint density at radius 2 is 1.38 bits per heavy atom. The van der Waals surface area contributed by atoms with E-state index in [1.54, 1.807) is 42.5 Å². The maximum Gasteiger partial charge on any atom is 0.255 e. The van der Waals surface area contributed by atoms with E-state index in [9.17, 15) is 9.59 Å². The molecule has 0 atom stereocenters. The Morgan fingerprint density at radius 1 is 0.750 bits per heavy atom. The van der Waals surface area contributed by atoms with Crippen molar-refractivity contribution in [1.82, 2.24) is 0 Å². The molecule has 0 aliphatic carbocycles. The van der Waals surface area contributed by atoms with Crippen molar-refractivity contribution in [2.24, 2.45) is 0 Å². The third-order valence-corrected chi connectivity index (χ3v) is 5.06. The number of amides is 2. The normalized spacial score (nSPS) is 10.4. The summed E-state index contributed by atoms with van der Waals surface area (Å²) in [7, 11) is 0. The van der Waals surface area contributed by atoms with Crippen LogP contribution in [0.5, 0.6) is 5.75 Å². The average Bonchev–Trinajstić information content (AvgIpc) is 2.80. The first-order valence-electron chi connectivity index (χ1n) is 11.1. The number of hydrogen-bond acceptors (Lipinski definition) is 3. The van der Waals surface area contributed by atoms with Gasteiger partial charge in [-0.15, -0.1) is 0 Å². The molecule has 32 heavy (non-hydrogen) atoms. The Kier molecular flexibility index (Phi) is 8.44. The second-order valence-electron chi connectivity index (χ2n) is 7.79. The molecule has 3 aromatic rings. The van der Waals surface area contributed by atoms with Gasteiger partial charge in [0.1, 0.15) is 5.75 Å². The van der Waals surface area contributed by atoms with Crippen LogP contribution in [-0.2, 0) is 0 Å². The highest BCUT2D eigenvalue weighted by atomic mass is 16.5. The Balaban J connectivity index is 1.50. The van der Waals surface area contributed by atoms with E-state index in [4.69, 9.17) is 4.74 Å². The summed E-state index contributed by atoms with van der Waals surface area (Å²) in [4.78, 5) is 24.9. The van der Waals surface area contributed by atoms with Gasteiger partial charge in [0.15, 0.2) is 0 Å². The lowest BCUT2D eigenvalue weighted by Crippen LogP contribution is -2.13. The molecule has 2 amide bonds. The van der Waals surface area contributed by atoms with Gasteiger partial charge in [0.05, 0.1) is 6.61 Å². The van der Waals surface area contributed by atoms with Crippen molar-refractivity contribution in [3.63, 3.8) is 0 Å². The maximum absolute atomic E-state index is 12.5. The standard InChI is InChI=1S/C27H30N2O3/c1-3-4-5-6-18-32-25-16-10-21(11-17-25)26(30)28-23-12-14-24(15-13-23)29-27(31)22-9-7-8-20(2)19-22/h7-17,19H,3-6,18H2,1-2H3,(H,28,30)(H,29,31). The number of rotatable bonds is 10. The van der Waals surface area contributed by atoms with E-state index in [0.29, 0.717) is 29.1 Å². The van der Waals surface area contributed by atoms with Gasteiger partial charge in [0.25, 0.3) is 11.8 Å². The highest BCUT2D eigenvalue weighted by Gasteiger charge is 2.08. The summed E-state index contributed by atoms with van der Waals surface area (Å²) in [6.45, 7) is 4.82. The van der Waals surface area contributed by atoms with Crippen molar-refractivity contribution in [3.05, 3.63) is 89.5 Å². The van der Waals surface area contributed by atoms with Crippen LogP contribution in [0, 0.1) is 6.92 Å². The molecule has 0 aromatic heterocycles. The van der Waals surface area contributed by atoms with Crippen LogP contribution in [0.15, 0.2) is 72.8 Å². The lowest BCUT2D eigenvalue weighted by Gasteiger charge is -2.09. The first-order chi connectivity index (χ1) is 15.5. The van der Waals surface area contributed by atoms with E-state index >= 15 is 0 Å². The molecule has 0 radical (unpaired) electrons. The fraction of sp³-hybridized carbons (Fsp3) is 0.259. The van der Waals surface area contributed by atoms with Crippen molar-refractivity contribution in [3.8, 4) is 5.75 Å². The third kappa shape index (κ3) is 6.98. The highest BCUT2D eigenvalue weighted by Crippen LogP contribution is 2.18. The quantitative estimate of drug-likeness (QED) is 0.363. The largest absolute Gasteiger partial charge is 0.494 e. The third-order valence-electron chi connectivity index (χ3n) is 5.06. The van der Waals surface area contributed by atoms with Crippen LogP contribution < -0.4 is 15.4 Å². The Hall–Kier alpha value is -3.60. The van der Waals surface area contributed by atoms with Crippen LogP contribution in [0.2, 0.25) is 0 Å². The molecule has 5 nitrogen and oxygen atoms in total. The van der Waals surface area contributed by atoms with Crippen LogP contribution in [0.4, 0.5) is 11.4 Å². The smallest absolute Gasteiger partial charge is 0.255 e. The second-order valence-corrected chi connectivity index (χ2v) is 7.79. The molecule has 0 unspecified atom stereocenters. The number of unbranched alkanes of at least 4 members (excludes halogenated alkanes) is 3. The lowest BCUT2D eigenvalue weighted by atomic mass is 10.1. The van der Waals surface area contributed by atoms with Crippen molar-refractivity contribution in [2.75, 3.05) is 17.2 Å². The summed E-state index contributed by atoms with van der Waals surface area (Å²) >= 11 is 0. The van der Waals surface area contributed by atoms with E-state index in [1.807, 2.05) is 37.3 Å². The molecule has 0 spiro atoms. The molecule has 0 aliphatic rings. The number of carbonyl (C=O) groups excluding carboxylic acids is 2. The van der Waals surface area contributed by atoms with Crippen molar-refractivity contribution >= 4 is 23.2 Å². The van der Waals surface area contributed by atoms with Gasteiger partial charge in [0, 0.05) is 22.5 Å². The second kappa shape index (κ2) is 11.7. The molecule has 5 heteroatoms. The van der Waals surface area contributed by atoms with Crippen LogP contribution >= 0.6 is 0 Å². The fourth-order valence-electron chi connectivity index (χ4n) is 3.25. The molecule has 0 fully saturated rings. The zero-order valence-electron chi connectivity index (χ0n) is 18.7. The van der Waals surface area contributed by atoms with Gasteiger partial charge in [-0.25, -0.2) is 0 Å². The molecule has 166 valence electrons. The van der Waals surface area contributed by atoms with Crippen molar-refractivity contribution in [1.29, 1.82) is 0 Å². The molecule has 0 saturated carbocycles. The van der Waals surface area contributed by atoms with E-state index in [1.165, 1.54) is 19.3 Å². The molecule has 0 saturated heterocycles. The molecular weight excluding hydrogens is 400 g/mol. The van der Waals surface area contributed by atoms with E-state index in [0.717, 1.165) is 17.7 Å². The highest BCUT2D eigenvalue weighted by molar-refractivity contribution is 6.05. The molecular formula is C27H30N2O3. The first-order valence-corrected chi connectivity index (χ1v) is 11.1. The monoisotopic (exact) mass is 430 g/mol. The minimum absolute atomic E-state index is 0.168. The number of benzene rings is 3. The van der Waals surface area contributed by atoms with Crippen LogP contribution in [0.25, 0.3) is 0 Å². The molecule has 3 aromatic carbocycles. The number of nitrogens with one attached hydrogen (secondary N) is 2. The van der Waals surface area contributed by atoms with Gasteiger partial charge in [-0.05, 0) is 74.0 Å². The summed E-state index contributed by atoms with van der Waals surface area (Å²) in [5.41, 5.74) is 3.51. The molecule has 2 N–H and O–H groups in total. The summed E-state index contributed by atoms with van der Waals surface area (Å²) in [5, 5.41) is 5.74. The number of hydrogen-bond donors (Lipinski definition) is 2. The summed E-state index contributed by atoms with van der Waals surface area (Å²) in [6.07, 6.45) is 4.64. The van der Waals surface area contributed by atoms with Gasteiger partial charge in [-0.1, -0.05) is 43.9 Å². The van der Waals surface area contributed by atoms with Crippen LogP contribution in [-0.4, -0.2) is 18.4 Å². The van der Waals surface area contributed by atoms with Crippen molar-refractivity contribution in [2.45, 2.75) is 39.5 Å². The molecule has 3 rings (SSSR count). The zero-order valence-corrected chi connectivity index (χ0v) is 18.7. The lowest BCUT2D eigenvalue weighted by molar-refractivity contribution is 0.101. The summed E-state index contributed by atoms with van der Waals surface area (Å²) in [5.74, 6) is 0.404. The Labute approximate surface area is 189 Å². The SMILES string of the molecule is CCCCCCOc1ccc(C(=O)Nc2ccc(NC(=O)c3cccc(C)c3)cc2)cc1. The minimum atomic E-state index is -0.198. The fourth-order valence-corrected chi connectivity index (χ4v) is 3.25. The topological polar surface area (TPSA) is 67.4 Å². The number of anilines is 2. The molecule has 0 aliphatic heterocycles.